The molecule has 1 N–H and O–H groups in total. The highest BCUT2D eigenvalue weighted by atomic mass is 16.6. The van der Waals surface area contributed by atoms with Gasteiger partial charge in [-0.25, -0.2) is 4.79 Å². The van der Waals surface area contributed by atoms with Crippen molar-refractivity contribution in [1.82, 2.24) is 4.90 Å². The Morgan fingerprint density at radius 3 is 2.29 bits per heavy atom. The van der Waals surface area contributed by atoms with Gasteiger partial charge in [-0.05, 0) is 41.0 Å². The molecule has 1 fully saturated rings. The van der Waals surface area contributed by atoms with Gasteiger partial charge in [-0.2, -0.15) is 0 Å². The second kappa shape index (κ2) is 4.20. The summed E-state index contributed by atoms with van der Waals surface area (Å²) in [6, 6.07) is -0.106. The number of rotatable bonds is 1. The summed E-state index contributed by atoms with van der Waals surface area (Å²) in [6.45, 7) is 9.10. The molecular weight excluding hydrogens is 222 g/mol. The summed E-state index contributed by atoms with van der Waals surface area (Å²) in [6.07, 6.45) is 0.0247. The van der Waals surface area contributed by atoms with Crippen LogP contribution in [0.3, 0.4) is 0 Å². The van der Waals surface area contributed by atoms with E-state index in [2.05, 4.69) is 0 Å². The molecule has 0 aromatic carbocycles. The Kier molecular flexibility index (Phi) is 3.41. The third-order valence-corrected chi connectivity index (χ3v) is 2.94. The predicted molar refractivity (Wildman–Crippen MR) is 62.8 cm³/mol. The highest BCUT2D eigenvalue weighted by Crippen LogP contribution is 2.35. The second-order valence-corrected chi connectivity index (χ2v) is 6.03. The van der Waals surface area contributed by atoms with Gasteiger partial charge in [0.1, 0.15) is 5.60 Å². The maximum atomic E-state index is 11.9. The smallest absolute Gasteiger partial charge is 0.410 e. The third-order valence-electron chi connectivity index (χ3n) is 2.94. The normalized spacial score (nSPS) is 29.2. The molecule has 17 heavy (non-hydrogen) atoms. The van der Waals surface area contributed by atoms with Crippen LogP contribution in [0.1, 0.15) is 41.0 Å². The first kappa shape index (κ1) is 13.8. The fourth-order valence-corrected chi connectivity index (χ4v) is 2.08. The summed E-state index contributed by atoms with van der Waals surface area (Å²) in [4.78, 5) is 24.5. The van der Waals surface area contributed by atoms with Gasteiger partial charge in [-0.3, -0.25) is 4.79 Å². The number of carboxylic acids is 1. The van der Waals surface area contributed by atoms with Gasteiger partial charge >= 0.3 is 12.1 Å². The number of carbonyl (C=O) groups is 2. The largest absolute Gasteiger partial charge is 0.481 e. The molecule has 0 aliphatic carbocycles. The first-order valence-electron chi connectivity index (χ1n) is 5.78. The average Bonchev–Trinajstić information content (AvgIpc) is 2.40. The minimum Gasteiger partial charge on any atom is -0.481 e. The van der Waals surface area contributed by atoms with Crippen molar-refractivity contribution in [3.05, 3.63) is 0 Å². The van der Waals surface area contributed by atoms with Gasteiger partial charge in [0.05, 0.1) is 5.41 Å². The quantitative estimate of drug-likeness (QED) is 0.766. The van der Waals surface area contributed by atoms with E-state index >= 15 is 0 Å². The molecule has 0 radical (unpaired) electrons. The lowest BCUT2D eigenvalue weighted by Crippen LogP contribution is -2.40. The van der Waals surface area contributed by atoms with Gasteiger partial charge in [-0.15, -0.1) is 0 Å². The lowest BCUT2D eigenvalue weighted by Gasteiger charge is -2.27. The van der Waals surface area contributed by atoms with E-state index in [4.69, 9.17) is 9.84 Å². The van der Waals surface area contributed by atoms with Gasteiger partial charge in [0.2, 0.25) is 0 Å². The Labute approximate surface area is 102 Å². The number of likely N-dealkylation sites (tertiary alicyclic amines) is 1. The maximum Gasteiger partial charge on any atom is 0.410 e. The highest BCUT2D eigenvalue weighted by Gasteiger charge is 2.47. The molecule has 0 saturated carbocycles. The summed E-state index contributed by atoms with van der Waals surface area (Å²) in [5.41, 5.74) is -1.42. The van der Waals surface area contributed by atoms with E-state index in [1.165, 1.54) is 4.90 Å². The van der Waals surface area contributed by atoms with Gasteiger partial charge in [0.25, 0.3) is 0 Å². The fourth-order valence-electron chi connectivity index (χ4n) is 2.08. The van der Waals surface area contributed by atoms with Crippen LogP contribution in [0.4, 0.5) is 4.79 Å². The van der Waals surface area contributed by atoms with Crippen LogP contribution in [-0.4, -0.2) is 40.3 Å². The zero-order chi connectivity index (χ0) is 13.4. The van der Waals surface area contributed by atoms with Crippen molar-refractivity contribution in [2.24, 2.45) is 5.41 Å². The molecule has 2 atom stereocenters. The predicted octanol–water partition coefficient (Wildman–Crippen LogP) is 2.11. The van der Waals surface area contributed by atoms with Crippen LogP contribution in [0.2, 0.25) is 0 Å². The molecule has 2 unspecified atom stereocenters. The van der Waals surface area contributed by atoms with Crippen LogP contribution < -0.4 is 0 Å². The lowest BCUT2D eigenvalue weighted by molar-refractivity contribution is -0.147. The molecule has 1 rings (SSSR count). The molecule has 1 aliphatic heterocycles. The highest BCUT2D eigenvalue weighted by molar-refractivity contribution is 5.77. The van der Waals surface area contributed by atoms with Crippen molar-refractivity contribution in [3.8, 4) is 0 Å². The molecule has 0 aromatic heterocycles. The summed E-state index contributed by atoms with van der Waals surface area (Å²) in [5, 5.41) is 9.14. The van der Waals surface area contributed by atoms with Crippen LogP contribution in [0.5, 0.6) is 0 Å². The van der Waals surface area contributed by atoms with Crippen molar-refractivity contribution in [2.75, 3.05) is 6.54 Å². The Morgan fingerprint density at radius 2 is 1.94 bits per heavy atom. The zero-order valence-corrected chi connectivity index (χ0v) is 11.1. The van der Waals surface area contributed by atoms with Gasteiger partial charge < -0.3 is 14.7 Å². The topological polar surface area (TPSA) is 66.8 Å². The zero-order valence-electron chi connectivity index (χ0n) is 11.1. The molecule has 0 aromatic rings. The van der Waals surface area contributed by atoms with E-state index in [1.807, 2.05) is 6.92 Å². The van der Waals surface area contributed by atoms with E-state index < -0.39 is 23.1 Å². The molecule has 0 spiro atoms. The average molecular weight is 243 g/mol. The number of amides is 1. The molecule has 98 valence electrons. The van der Waals surface area contributed by atoms with E-state index in [0.29, 0.717) is 6.42 Å². The third kappa shape index (κ3) is 3.11. The number of hydrogen-bond donors (Lipinski definition) is 1. The molecule has 1 aliphatic rings. The number of carbonyl (C=O) groups excluding carboxylic acids is 1. The molecule has 5 nitrogen and oxygen atoms in total. The number of hydrogen-bond acceptors (Lipinski definition) is 3. The molecule has 1 heterocycles. The van der Waals surface area contributed by atoms with Crippen molar-refractivity contribution in [3.63, 3.8) is 0 Å². The van der Waals surface area contributed by atoms with Crippen molar-refractivity contribution in [1.29, 1.82) is 0 Å². The summed E-state index contributed by atoms with van der Waals surface area (Å²) in [5.74, 6) is -0.865. The Bertz CT molecular complexity index is 334. The van der Waals surface area contributed by atoms with Crippen LogP contribution >= 0.6 is 0 Å². The summed E-state index contributed by atoms with van der Waals surface area (Å²) < 4.78 is 5.26. The summed E-state index contributed by atoms with van der Waals surface area (Å²) >= 11 is 0. The fraction of sp³-hybridized carbons (Fsp3) is 0.833. The molecule has 1 amide bonds. The van der Waals surface area contributed by atoms with E-state index in [1.54, 1.807) is 27.7 Å². The first-order valence-corrected chi connectivity index (χ1v) is 5.78. The van der Waals surface area contributed by atoms with Crippen LogP contribution in [0.15, 0.2) is 0 Å². The Hall–Kier alpha value is -1.26. The first-order chi connectivity index (χ1) is 7.55. The standard InChI is InChI=1S/C12H21NO4/c1-8-6-12(5,9(14)15)7-13(8)10(16)17-11(2,3)4/h8H,6-7H2,1-5H3,(H,14,15). The second-order valence-electron chi connectivity index (χ2n) is 6.03. The number of carboxylic acid groups (broad SMARTS) is 1. The molecule has 0 bridgehead atoms. The number of aliphatic carboxylic acids is 1. The lowest BCUT2D eigenvalue weighted by atomic mass is 9.88. The maximum absolute atomic E-state index is 11.9. The van der Waals surface area contributed by atoms with Crippen molar-refractivity contribution in [2.45, 2.75) is 52.7 Å². The van der Waals surface area contributed by atoms with E-state index in [-0.39, 0.29) is 12.6 Å². The van der Waals surface area contributed by atoms with Crippen LogP contribution in [-0.2, 0) is 9.53 Å². The van der Waals surface area contributed by atoms with Crippen LogP contribution in [0, 0.1) is 5.41 Å². The van der Waals surface area contributed by atoms with Crippen LogP contribution in [0.25, 0.3) is 0 Å². The van der Waals surface area contributed by atoms with Crippen molar-refractivity contribution >= 4 is 12.1 Å². The van der Waals surface area contributed by atoms with Gasteiger partial charge in [0.15, 0.2) is 0 Å². The molecule has 1 saturated heterocycles. The van der Waals surface area contributed by atoms with E-state index in [0.717, 1.165) is 0 Å². The number of ether oxygens (including phenoxy) is 1. The van der Waals surface area contributed by atoms with Gasteiger partial charge in [-0.1, -0.05) is 0 Å². The molecule has 5 heteroatoms. The monoisotopic (exact) mass is 243 g/mol. The minimum absolute atomic E-state index is 0.106. The number of nitrogens with zero attached hydrogens (tertiary/aromatic N) is 1. The minimum atomic E-state index is -0.865. The Morgan fingerprint density at radius 1 is 1.41 bits per heavy atom. The SMILES string of the molecule is CC1CC(C)(C(=O)O)CN1C(=O)OC(C)(C)C. The Balaban J connectivity index is 2.75. The summed E-state index contributed by atoms with van der Waals surface area (Å²) in [7, 11) is 0. The van der Waals surface area contributed by atoms with Gasteiger partial charge in [0, 0.05) is 12.6 Å². The van der Waals surface area contributed by atoms with E-state index in [9.17, 15) is 9.59 Å². The van der Waals surface area contributed by atoms with Crippen molar-refractivity contribution < 1.29 is 19.4 Å². The molecular formula is C12H21NO4.